The zero-order valence-electron chi connectivity index (χ0n) is 10.7. The summed E-state index contributed by atoms with van der Waals surface area (Å²) in [5.74, 6) is 0.238. The molecule has 0 fully saturated rings. The molecule has 2 nitrogen and oxygen atoms in total. The van der Waals surface area contributed by atoms with E-state index in [1.165, 1.54) is 0 Å². The van der Waals surface area contributed by atoms with Crippen LogP contribution in [0.2, 0.25) is 5.02 Å². The fourth-order valence-corrected chi connectivity index (χ4v) is 2.86. The number of benzene rings is 1. The molecule has 0 saturated heterocycles. The third kappa shape index (κ3) is 3.34. The van der Waals surface area contributed by atoms with Crippen LogP contribution < -0.4 is 0 Å². The summed E-state index contributed by atoms with van der Waals surface area (Å²) in [6.45, 7) is 2.01. The molecular formula is C15H15BrClNO. The molecule has 1 aromatic carbocycles. The lowest BCUT2D eigenvalue weighted by atomic mass is 10.0. The zero-order valence-corrected chi connectivity index (χ0v) is 13.0. The molecule has 1 aromatic heterocycles. The summed E-state index contributed by atoms with van der Waals surface area (Å²) >= 11 is 9.63. The Morgan fingerprint density at radius 1 is 1.42 bits per heavy atom. The first-order chi connectivity index (χ1) is 9.13. The molecule has 0 aliphatic rings. The molecule has 0 aliphatic heterocycles. The number of hydrogen-bond donors (Lipinski definition) is 0. The van der Waals surface area contributed by atoms with Gasteiger partial charge in [-0.15, -0.1) is 0 Å². The lowest BCUT2D eigenvalue weighted by Crippen LogP contribution is -2.16. The maximum absolute atomic E-state index is 11.9. The number of alkyl halides is 1. The summed E-state index contributed by atoms with van der Waals surface area (Å²) in [4.78, 5) is 16.1. The minimum absolute atomic E-state index is 0.154. The lowest BCUT2D eigenvalue weighted by molar-refractivity contribution is -0.118. The van der Waals surface area contributed by atoms with E-state index in [9.17, 15) is 4.79 Å². The minimum atomic E-state index is -0.154. The summed E-state index contributed by atoms with van der Waals surface area (Å²) in [5.41, 5.74) is 1.93. The van der Waals surface area contributed by atoms with Crippen molar-refractivity contribution in [2.45, 2.75) is 31.0 Å². The number of hydrogen-bond acceptors (Lipinski definition) is 2. The predicted molar refractivity (Wildman–Crippen MR) is 83.1 cm³/mol. The quantitative estimate of drug-likeness (QED) is 0.747. The summed E-state index contributed by atoms with van der Waals surface area (Å²) in [6.07, 6.45) is 3.87. The van der Waals surface area contributed by atoms with Crippen molar-refractivity contribution in [2.75, 3.05) is 0 Å². The van der Waals surface area contributed by atoms with E-state index >= 15 is 0 Å². The smallest absolute Gasteiger partial charge is 0.146 e. The molecule has 100 valence electrons. The van der Waals surface area contributed by atoms with Crippen LogP contribution in [0.3, 0.4) is 0 Å². The molecule has 0 amide bonds. The Kier molecular flexibility index (Phi) is 4.94. The van der Waals surface area contributed by atoms with Gasteiger partial charge in [-0.25, -0.2) is 0 Å². The SMILES string of the molecule is CCCC(=O)C(Br)Cc1ccc(Cl)c2cccnc12. The molecule has 1 heterocycles. The number of halogens is 2. The van der Waals surface area contributed by atoms with Gasteiger partial charge in [0, 0.05) is 23.0 Å². The van der Waals surface area contributed by atoms with Gasteiger partial charge in [-0.2, -0.15) is 0 Å². The van der Waals surface area contributed by atoms with E-state index in [0.29, 0.717) is 17.9 Å². The van der Waals surface area contributed by atoms with Crippen molar-refractivity contribution in [1.29, 1.82) is 0 Å². The van der Waals surface area contributed by atoms with E-state index in [1.54, 1.807) is 6.20 Å². The van der Waals surface area contributed by atoms with Crippen LogP contribution in [-0.2, 0) is 11.2 Å². The Labute approximate surface area is 126 Å². The molecular weight excluding hydrogens is 326 g/mol. The van der Waals surface area contributed by atoms with Gasteiger partial charge in [0.05, 0.1) is 10.3 Å². The van der Waals surface area contributed by atoms with Crippen LogP contribution in [0.15, 0.2) is 30.5 Å². The molecule has 1 unspecified atom stereocenters. The molecule has 0 radical (unpaired) electrons. The molecule has 4 heteroatoms. The first-order valence-corrected chi connectivity index (χ1v) is 7.61. The van der Waals surface area contributed by atoms with Gasteiger partial charge >= 0.3 is 0 Å². The van der Waals surface area contributed by atoms with Crippen molar-refractivity contribution in [3.8, 4) is 0 Å². The van der Waals surface area contributed by atoms with Gasteiger partial charge in [0.25, 0.3) is 0 Å². The molecule has 0 N–H and O–H groups in total. The average molecular weight is 341 g/mol. The lowest BCUT2D eigenvalue weighted by Gasteiger charge is -2.11. The largest absolute Gasteiger partial charge is 0.298 e. The number of rotatable bonds is 5. The molecule has 0 bridgehead atoms. The van der Waals surface area contributed by atoms with Crippen molar-refractivity contribution in [1.82, 2.24) is 4.98 Å². The maximum atomic E-state index is 11.9. The molecule has 2 aromatic rings. The molecule has 0 aliphatic carbocycles. The number of aromatic nitrogens is 1. The summed E-state index contributed by atoms with van der Waals surface area (Å²) in [7, 11) is 0. The summed E-state index contributed by atoms with van der Waals surface area (Å²) in [6, 6.07) is 7.63. The van der Waals surface area contributed by atoms with Gasteiger partial charge in [0.1, 0.15) is 5.78 Å². The van der Waals surface area contributed by atoms with Crippen molar-refractivity contribution < 1.29 is 4.79 Å². The number of pyridine rings is 1. The second-order valence-electron chi connectivity index (χ2n) is 4.49. The highest BCUT2D eigenvalue weighted by molar-refractivity contribution is 9.10. The Hall–Kier alpha value is -0.930. The zero-order chi connectivity index (χ0) is 13.8. The van der Waals surface area contributed by atoms with Gasteiger partial charge in [-0.05, 0) is 36.6 Å². The van der Waals surface area contributed by atoms with Crippen LogP contribution in [0.5, 0.6) is 0 Å². The van der Waals surface area contributed by atoms with Crippen LogP contribution >= 0.6 is 27.5 Å². The molecule has 1 atom stereocenters. The van der Waals surface area contributed by atoms with Gasteiger partial charge in [-0.3, -0.25) is 9.78 Å². The van der Waals surface area contributed by atoms with E-state index in [0.717, 1.165) is 22.9 Å². The number of carbonyl (C=O) groups excluding carboxylic acids is 1. The third-order valence-corrected chi connectivity index (χ3v) is 4.21. The topological polar surface area (TPSA) is 30.0 Å². The Bertz CT molecular complexity index is 600. The Morgan fingerprint density at radius 2 is 2.21 bits per heavy atom. The van der Waals surface area contributed by atoms with Crippen LogP contribution in [0.25, 0.3) is 10.9 Å². The van der Waals surface area contributed by atoms with Gasteiger partial charge < -0.3 is 0 Å². The monoisotopic (exact) mass is 339 g/mol. The maximum Gasteiger partial charge on any atom is 0.146 e. The third-order valence-electron chi connectivity index (χ3n) is 3.04. The molecule has 19 heavy (non-hydrogen) atoms. The van der Waals surface area contributed by atoms with E-state index in [-0.39, 0.29) is 10.6 Å². The average Bonchev–Trinajstić information content (AvgIpc) is 2.42. The fraction of sp³-hybridized carbons (Fsp3) is 0.333. The van der Waals surface area contributed by atoms with E-state index in [4.69, 9.17) is 11.6 Å². The number of Topliss-reactive ketones (excluding diaryl/α,β-unsaturated/α-hetero) is 1. The number of ketones is 1. The van der Waals surface area contributed by atoms with Crippen LogP contribution in [0, 0.1) is 0 Å². The van der Waals surface area contributed by atoms with Gasteiger partial charge in [0.15, 0.2) is 0 Å². The number of fused-ring (bicyclic) bond motifs is 1. The van der Waals surface area contributed by atoms with E-state index < -0.39 is 0 Å². The van der Waals surface area contributed by atoms with E-state index in [2.05, 4.69) is 20.9 Å². The molecule has 2 rings (SSSR count). The first kappa shape index (κ1) is 14.5. The Balaban J connectivity index is 2.31. The Morgan fingerprint density at radius 3 is 2.95 bits per heavy atom. The van der Waals surface area contributed by atoms with Crippen molar-refractivity contribution in [3.63, 3.8) is 0 Å². The van der Waals surface area contributed by atoms with Crippen LogP contribution in [-0.4, -0.2) is 15.6 Å². The number of nitrogens with zero attached hydrogens (tertiary/aromatic N) is 1. The highest BCUT2D eigenvalue weighted by atomic mass is 79.9. The first-order valence-electron chi connectivity index (χ1n) is 6.32. The summed E-state index contributed by atoms with van der Waals surface area (Å²) < 4.78 is 0. The second-order valence-corrected chi connectivity index (χ2v) is 6.01. The number of carbonyl (C=O) groups is 1. The van der Waals surface area contributed by atoms with E-state index in [1.807, 2.05) is 31.2 Å². The fourth-order valence-electron chi connectivity index (χ4n) is 2.07. The highest BCUT2D eigenvalue weighted by Gasteiger charge is 2.16. The van der Waals surface area contributed by atoms with Crippen molar-refractivity contribution in [3.05, 3.63) is 41.0 Å². The van der Waals surface area contributed by atoms with Crippen LogP contribution in [0.4, 0.5) is 0 Å². The van der Waals surface area contributed by atoms with Gasteiger partial charge in [-0.1, -0.05) is 40.5 Å². The van der Waals surface area contributed by atoms with Crippen molar-refractivity contribution >= 4 is 44.2 Å². The minimum Gasteiger partial charge on any atom is -0.298 e. The van der Waals surface area contributed by atoms with Crippen molar-refractivity contribution in [2.24, 2.45) is 0 Å². The van der Waals surface area contributed by atoms with Crippen LogP contribution in [0.1, 0.15) is 25.3 Å². The standard InChI is InChI=1S/C15H15BrClNO/c1-2-4-14(19)12(16)9-10-6-7-13(17)11-5-3-8-18-15(10)11/h3,5-8,12H,2,4,9H2,1H3. The molecule has 0 spiro atoms. The highest BCUT2D eigenvalue weighted by Crippen LogP contribution is 2.26. The normalized spacial score (nSPS) is 12.6. The summed E-state index contributed by atoms with van der Waals surface area (Å²) in [5, 5.41) is 1.63. The van der Waals surface area contributed by atoms with Gasteiger partial charge in [0.2, 0.25) is 0 Å². The molecule has 0 saturated carbocycles. The second kappa shape index (κ2) is 6.49. The predicted octanol–water partition coefficient (Wildman–Crippen LogP) is 4.56.